The number of thiazole rings is 1. The van der Waals surface area contributed by atoms with Gasteiger partial charge in [-0.2, -0.15) is 4.57 Å². The van der Waals surface area contributed by atoms with Crippen LogP contribution in [0.25, 0.3) is 16.3 Å². The number of nitrogens with one attached hydrogen (secondary N) is 1. The molecule has 1 aliphatic rings. The Morgan fingerprint density at radius 3 is 2.49 bits per heavy atom. The Hall–Kier alpha value is -3.24. The average Bonchev–Trinajstić information content (AvgIpc) is 3.46. The van der Waals surface area contributed by atoms with E-state index < -0.39 is 5.97 Å². The van der Waals surface area contributed by atoms with Crippen LogP contribution < -0.4 is 24.8 Å². The lowest BCUT2D eigenvalue weighted by Gasteiger charge is -2.22. The Balaban J connectivity index is 1.37. The van der Waals surface area contributed by atoms with Crippen LogP contribution in [0.2, 0.25) is 10.0 Å². The first-order chi connectivity index (χ1) is 19.7. The van der Waals surface area contributed by atoms with Crippen LogP contribution in [0.1, 0.15) is 24.4 Å². The Bertz CT molecular complexity index is 1640. The monoisotopic (exact) mass is 626 g/mol. The fourth-order valence-electron chi connectivity index (χ4n) is 4.73. The van der Waals surface area contributed by atoms with E-state index in [4.69, 9.17) is 23.2 Å². The number of likely N-dealkylation sites (N-methyl/N-ethyl adjacent to an activating group) is 1. The number of benzene rings is 3. The molecule has 0 unspecified atom stereocenters. The van der Waals surface area contributed by atoms with Crippen LogP contribution in [0.5, 0.6) is 0 Å². The van der Waals surface area contributed by atoms with Crippen molar-refractivity contribution in [3.05, 3.63) is 86.3 Å². The van der Waals surface area contributed by atoms with Gasteiger partial charge in [0.25, 0.3) is 5.01 Å². The number of carbonyl (C=O) groups excluding carboxylic acids is 2. The summed E-state index contributed by atoms with van der Waals surface area (Å²) >= 11 is 16.0. The maximum absolute atomic E-state index is 13.1. The number of anilines is 2. The van der Waals surface area contributed by atoms with Crippen LogP contribution in [-0.2, 0) is 22.7 Å². The van der Waals surface area contributed by atoms with Gasteiger partial charge in [0.15, 0.2) is 0 Å². The largest absolute Gasteiger partial charge is 0.550 e. The molecule has 0 fully saturated rings. The van der Waals surface area contributed by atoms with Crippen molar-refractivity contribution in [2.45, 2.75) is 31.8 Å². The lowest BCUT2D eigenvalue weighted by atomic mass is 10.1. The topological polar surface area (TPSA) is 79.6 Å². The predicted molar refractivity (Wildman–Crippen MR) is 167 cm³/mol. The standard InChI is InChI=1S/C30H28Cl2N4O3S2/c1-3-34(22-9-5-19(6-10-22)13-30(38)39)17-27(37)33-18-36-24-15-21(32)8-12-26(24)41-29(36)16-28-35(4-2)23-14-20(31)7-11-25(23)40-28/h5-12,14-16H,3-4,13,17-18H2,1-2H3,(H-,33,37,38,39). The van der Waals surface area contributed by atoms with Crippen LogP contribution >= 0.6 is 46.3 Å². The number of rotatable bonds is 10. The fourth-order valence-corrected chi connectivity index (χ4v) is 7.36. The minimum absolute atomic E-state index is 0.134. The summed E-state index contributed by atoms with van der Waals surface area (Å²) in [6, 6.07) is 18.9. The maximum Gasteiger partial charge on any atom is 0.267 e. The summed E-state index contributed by atoms with van der Waals surface area (Å²) in [5.74, 6) is -1.26. The second-order valence-corrected chi connectivity index (χ2v) is 12.4. The number of carboxylic acids is 1. The SMILES string of the molecule is CCN(CC(=O)NC[n+]1c(/C=C2\Sc3ccc(Cl)cc3N2CC)sc2ccc(Cl)cc21)c1ccc(CC(=O)[O-])cc1. The van der Waals surface area contributed by atoms with Crippen molar-refractivity contribution >= 4 is 85.8 Å². The molecule has 0 saturated carbocycles. The quantitative estimate of drug-likeness (QED) is 0.240. The van der Waals surface area contributed by atoms with Gasteiger partial charge in [-0.25, -0.2) is 0 Å². The molecule has 11 heteroatoms. The minimum atomic E-state index is -1.12. The zero-order valence-corrected chi connectivity index (χ0v) is 25.7. The summed E-state index contributed by atoms with van der Waals surface area (Å²) in [7, 11) is 0. The summed E-state index contributed by atoms with van der Waals surface area (Å²) in [5, 5.41) is 17.4. The number of nitrogens with zero attached hydrogens (tertiary/aromatic N) is 3. The first kappa shape index (κ1) is 29.3. The van der Waals surface area contributed by atoms with Gasteiger partial charge in [-0.15, -0.1) is 0 Å². The van der Waals surface area contributed by atoms with Gasteiger partial charge in [-0.3, -0.25) is 10.1 Å². The molecule has 0 aliphatic carbocycles. The van der Waals surface area contributed by atoms with Crippen molar-refractivity contribution < 1.29 is 19.3 Å². The summed E-state index contributed by atoms with van der Waals surface area (Å²) in [5.41, 5.74) is 3.53. The number of carboxylic acid groups (broad SMARTS) is 1. The van der Waals surface area contributed by atoms with Crippen molar-refractivity contribution in [2.75, 3.05) is 29.4 Å². The van der Waals surface area contributed by atoms with Crippen LogP contribution in [0.15, 0.2) is 70.6 Å². The lowest BCUT2D eigenvalue weighted by Crippen LogP contribution is -2.47. The van der Waals surface area contributed by atoms with Gasteiger partial charge in [0, 0.05) is 52.2 Å². The molecule has 5 rings (SSSR count). The van der Waals surface area contributed by atoms with Gasteiger partial charge < -0.3 is 19.7 Å². The van der Waals surface area contributed by atoms with Gasteiger partial charge in [-0.05, 0) is 61.9 Å². The molecule has 1 aliphatic heterocycles. The van der Waals surface area contributed by atoms with Gasteiger partial charge in [-0.1, -0.05) is 58.4 Å². The summed E-state index contributed by atoms with van der Waals surface area (Å²) in [4.78, 5) is 29.3. The molecule has 7 nitrogen and oxygen atoms in total. The maximum atomic E-state index is 13.1. The van der Waals surface area contributed by atoms with Gasteiger partial charge in [0.2, 0.25) is 18.1 Å². The molecule has 0 atom stereocenters. The van der Waals surface area contributed by atoms with Crippen molar-refractivity contribution in [1.29, 1.82) is 0 Å². The normalized spacial score (nSPS) is 13.6. The third kappa shape index (κ3) is 6.64. The lowest BCUT2D eigenvalue weighted by molar-refractivity contribution is -0.672. The van der Waals surface area contributed by atoms with Crippen molar-refractivity contribution in [3.63, 3.8) is 0 Å². The highest BCUT2D eigenvalue weighted by atomic mass is 35.5. The average molecular weight is 628 g/mol. The second-order valence-electron chi connectivity index (χ2n) is 9.41. The third-order valence-electron chi connectivity index (χ3n) is 6.75. The molecule has 4 aromatic rings. The van der Waals surface area contributed by atoms with E-state index in [1.54, 1.807) is 35.2 Å². The first-order valence-electron chi connectivity index (χ1n) is 13.1. The second kappa shape index (κ2) is 12.7. The Labute approximate surface area is 257 Å². The van der Waals surface area contributed by atoms with E-state index >= 15 is 0 Å². The molecule has 0 bridgehead atoms. The Morgan fingerprint density at radius 2 is 1.78 bits per heavy atom. The van der Waals surface area contributed by atoms with E-state index in [0.29, 0.717) is 22.2 Å². The highest BCUT2D eigenvalue weighted by molar-refractivity contribution is 8.03. The zero-order valence-electron chi connectivity index (χ0n) is 22.5. The fraction of sp³-hybridized carbons (Fsp3) is 0.233. The molecular weight excluding hydrogens is 599 g/mol. The molecule has 1 amide bonds. The first-order valence-corrected chi connectivity index (χ1v) is 15.5. The smallest absolute Gasteiger partial charge is 0.267 e. The number of fused-ring (bicyclic) bond motifs is 2. The molecule has 212 valence electrons. The summed E-state index contributed by atoms with van der Waals surface area (Å²) in [6.45, 7) is 5.92. The van der Waals surface area contributed by atoms with E-state index in [1.807, 2.05) is 60.4 Å². The van der Waals surface area contributed by atoms with Crippen molar-refractivity contribution in [1.82, 2.24) is 5.32 Å². The van der Waals surface area contributed by atoms with E-state index in [-0.39, 0.29) is 25.5 Å². The summed E-state index contributed by atoms with van der Waals surface area (Å²) < 4.78 is 3.14. The number of halogens is 2. The van der Waals surface area contributed by atoms with Crippen molar-refractivity contribution in [2.24, 2.45) is 0 Å². The molecule has 0 saturated heterocycles. The number of hydrogen-bond acceptors (Lipinski definition) is 7. The molecule has 3 aromatic carbocycles. The number of aliphatic carboxylic acids is 1. The molecular formula is C30H28Cl2N4O3S2. The van der Waals surface area contributed by atoms with E-state index in [9.17, 15) is 14.7 Å². The van der Waals surface area contributed by atoms with Crippen LogP contribution in [0, 0.1) is 0 Å². The number of hydrogen-bond donors (Lipinski definition) is 1. The number of thioether (sulfide) groups is 1. The van der Waals surface area contributed by atoms with Gasteiger partial charge in [0.05, 0.1) is 23.3 Å². The molecule has 0 spiro atoms. The third-order valence-corrected chi connectivity index (χ3v) is 9.44. The number of amides is 1. The molecule has 0 radical (unpaired) electrons. The predicted octanol–water partition coefficient (Wildman–Crippen LogP) is 5.32. The van der Waals surface area contributed by atoms with Crippen LogP contribution in [0.4, 0.5) is 11.4 Å². The van der Waals surface area contributed by atoms with E-state index in [2.05, 4.69) is 27.8 Å². The number of carbonyl (C=O) groups is 2. The van der Waals surface area contributed by atoms with Crippen molar-refractivity contribution in [3.8, 4) is 0 Å². The van der Waals surface area contributed by atoms with E-state index in [1.165, 1.54) is 0 Å². The molecule has 1 aromatic heterocycles. The Kier molecular flexibility index (Phi) is 9.09. The van der Waals surface area contributed by atoms with Gasteiger partial charge >= 0.3 is 0 Å². The number of aromatic nitrogens is 1. The van der Waals surface area contributed by atoms with Crippen LogP contribution in [0.3, 0.4) is 0 Å². The highest BCUT2D eigenvalue weighted by Gasteiger charge is 2.28. The van der Waals surface area contributed by atoms with Gasteiger partial charge in [0.1, 0.15) is 4.70 Å². The molecule has 41 heavy (non-hydrogen) atoms. The summed E-state index contributed by atoms with van der Waals surface area (Å²) in [6.07, 6.45) is 2.01. The van der Waals surface area contributed by atoms with E-state index in [0.717, 1.165) is 43.1 Å². The minimum Gasteiger partial charge on any atom is -0.550 e. The molecule has 1 N–H and O–H groups in total. The zero-order chi connectivity index (χ0) is 29.1. The Morgan fingerprint density at radius 1 is 1.05 bits per heavy atom. The van der Waals surface area contributed by atoms with Crippen LogP contribution in [-0.4, -0.2) is 31.5 Å². The molecule has 2 heterocycles. The highest BCUT2D eigenvalue weighted by Crippen LogP contribution is 2.47.